The number of amides is 1. The highest BCUT2D eigenvalue weighted by molar-refractivity contribution is 7.15. The van der Waals surface area contributed by atoms with Crippen molar-refractivity contribution < 1.29 is 13.9 Å². The van der Waals surface area contributed by atoms with Gasteiger partial charge in [0.2, 0.25) is 0 Å². The number of hydrogen-bond acceptors (Lipinski definition) is 6. The molecule has 4 rings (SSSR count). The lowest BCUT2D eigenvalue weighted by atomic mass is 9.97. The molecule has 2 aromatic heterocycles. The molecule has 1 aliphatic rings. The molecule has 0 unspecified atom stereocenters. The number of furan rings is 1. The first-order valence-electron chi connectivity index (χ1n) is 9.01. The minimum Gasteiger partial charge on any atom is -0.489 e. The number of benzene rings is 1. The van der Waals surface area contributed by atoms with Crippen LogP contribution in [0.3, 0.4) is 0 Å². The summed E-state index contributed by atoms with van der Waals surface area (Å²) in [6, 6.07) is 11.2. The van der Waals surface area contributed by atoms with E-state index in [1.54, 1.807) is 6.07 Å². The second-order valence-electron chi connectivity index (χ2n) is 6.42. The SMILES string of the molecule is O=C(Nc1ncc(C2CCNCC2)s1)c1occc1COc1ccccc1. The van der Waals surface area contributed by atoms with E-state index in [0.717, 1.165) is 31.7 Å². The Hall–Kier alpha value is -2.64. The summed E-state index contributed by atoms with van der Waals surface area (Å²) in [6.45, 7) is 2.32. The fourth-order valence-electron chi connectivity index (χ4n) is 3.12. The molecule has 7 heteroatoms. The van der Waals surface area contributed by atoms with Crippen LogP contribution in [0, 0.1) is 0 Å². The quantitative estimate of drug-likeness (QED) is 0.672. The van der Waals surface area contributed by atoms with Crippen LogP contribution in [0.2, 0.25) is 0 Å². The lowest BCUT2D eigenvalue weighted by molar-refractivity contribution is 0.0993. The molecule has 6 nitrogen and oxygen atoms in total. The third-order valence-electron chi connectivity index (χ3n) is 4.58. The van der Waals surface area contributed by atoms with Crippen LogP contribution in [0.1, 0.15) is 39.8 Å². The zero-order valence-electron chi connectivity index (χ0n) is 14.8. The molecule has 140 valence electrons. The average molecular weight is 383 g/mol. The number of ether oxygens (including phenoxy) is 1. The van der Waals surface area contributed by atoms with Crippen molar-refractivity contribution in [3.8, 4) is 5.75 Å². The van der Waals surface area contributed by atoms with Crippen molar-refractivity contribution in [2.24, 2.45) is 0 Å². The Morgan fingerprint density at radius 1 is 1.26 bits per heavy atom. The molecular formula is C20H21N3O3S. The number of nitrogens with one attached hydrogen (secondary N) is 2. The second kappa shape index (κ2) is 8.37. The Labute approximate surface area is 161 Å². The molecule has 1 amide bonds. The molecule has 0 spiro atoms. The summed E-state index contributed by atoms with van der Waals surface area (Å²) >= 11 is 1.54. The Morgan fingerprint density at radius 2 is 2.07 bits per heavy atom. The smallest absolute Gasteiger partial charge is 0.293 e. The molecule has 1 fully saturated rings. The Bertz CT molecular complexity index is 885. The van der Waals surface area contributed by atoms with Gasteiger partial charge in [-0.2, -0.15) is 0 Å². The van der Waals surface area contributed by atoms with Gasteiger partial charge in [-0.25, -0.2) is 4.98 Å². The average Bonchev–Trinajstić information content (AvgIpc) is 3.37. The number of piperidine rings is 1. The maximum absolute atomic E-state index is 12.6. The van der Waals surface area contributed by atoms with E-state index in [2.05, 4.69) is 15.6 Å². The highest BCUT2D eigenvalue weighted by atomic mass is 32.1. The van der Waals surface area contributed by atoms with Crippen LogP contribution in [-0.4, -0.2) is 24.0 Å². The largest absolute Gasteiger partial charge is 0.489 e. The van der Waals surface area contributed by atoms with Gasteiger partial charge in [0.05, 0.1) is 6.26 Å². The first kappa shape index (κ1) is 17.8. The highest BCUT2D eigenvalue weighted by Crippen LogP contribution is 2.32. The third-order valence-corrected chi connectivity index (χ3v) is 5.65. The molecule has 3 heterocycles. The number of aromatic nitrogens is 1. The van der Waals surface area contributed by atoms with Gasteiger partial charge in [0.1, 0.15) is 12.4 Å². The number of carbonyl (C=O) groups excluding carboxylic acids is 1. The van der Waals surface area contributed by atoms with Gasteiger partial charge >= 0.3 is 0 Å². The van der Waals surface area contributed by atoms with E-state index in [-0.39, 0.29) is 18.3 Å². The molecule has 0 saturated carbocycles. The number of para-hydroxylation sites is 1. The maximum Gasteiger partial charge on any atom is 0.293 e. The van der Waals surface area contributed by atoms with E-state index in [1.807, 2.05) is 36.5 Å². The standard InChI is InChI=1S/C20H21N3O3S/c24-19(23-20-22-12-17(27-20)14-6-9-21-10-7-14)18-15(8-11-25-18)13-26-16-4-2-1-3-5-16/h1-5,8,11-12,14,21H,6-7,9-10,13H2,(H,22,23,24). The van der Waals surface area contributed by atoms with E-state index in [4.69, 9.17) is 9.15 Å². The normalized spacial score (nSPS) is 14.8. The molecule has 0 bridgehead atoms. The highest BCUT2D eigenvalue weighted by Gasteiger charge is 2.20. The molecule has 27 heavy (non-hydrogen) atoms. The summed E-state index contributed by atoms with van der Waals surface area (Å²) in [5.74, 6) is 1.21. The van der Waals surface area contributed by atoms with E-state index < -0.39 is 0 Å². The summed E-state index contributed by atoms with van der Waals surface area (Å²) in [6.07, 6.45) is 5.59. The van der Waals surface area contributed by atoms with Crippen LogP contribution in [0.5, 0.6) is 5.75 Å². The van der Waals surface area contributed by atoms with Crippen LogP contribution in [-0.2, 0) is 6.61 Å². The number of nitrogens with zero attached hydrogens (tertiary/aromatic N) is 1. The van der Waals surface area contributed by atoms with Crippen molar-refractivity contribution in [1.82, 2.24) is 10.3 Å². The van der Waals surface area contributed by atoms with Gasteiger partial charge in [-0.3, -0.25) is 10.1 Å². The lowest BCUT2D eigenvalue weighted by Gasteiger charge is -2.20. The second-order valence-corrected chi connectivity index (χ2v) is 7.49. The Balaban J connectivity index is 1.39. The van der Waals surface area contributed by atoms with Crippen molar-refractivity contribution in [2.75, 3.05) is 18.4 Å². The molecular weight excluding hydrogens is 362 g/mol. The lowest BCUT2D eigenvalue weighted by Crippen LogP contribution is -2.26. The zero-order chi connectivity index (χ0) is 18.5. The first-order chi connectivity index (χ1) is 13.3. The monoisotopic (exact) mass is 383 g/mol. The van der Waals surface area contributed by atoms with Gasteiger partial charge in [0.25, 0.3) is 5.91 Å². The molecule has 1 aliphatic heterocycles. The van der Waals surface area contributed by atoms with E-state index >= 15 is 0 Å². The minimum atomic E-state index is -0.308. The van der Waals surface area contributed by atoms with Crippen LogP contribution in [0.15, 0.2) is 53.3 Å². The number of anilines is 1. The van der Waals surface area contributed by atoms with E-state index in [1.165, 1.54) is 22.5 Å². The fourth-order valence-corrected chi connectivity index (χ4v) is 4.10. The zero-order valence-corrected chi connectivity index (χ0v) is 15.6. The summed E-state index contributed by atoms with van der Waals surface area (Å²) in [5.41, 5.74) is 0.700. The minimum absolute atomic E-state index is 0.254. The Kier molecular flexibility index (Phi) is 5.50. The fraction of sp³-hybridized carbons (Fsp3) is 0.300. The van der Waals surface area contributed by atoms with Gasteiger partial charge in [-0.15, -0.1) is 11.3 Å². The maximum atomic E-state index is 12.6. The van der Waals surface area contributed by atoms with Gasteiger partial charge in [0, 0.05) is 16.6 Å². The molecule has 1 saturated heterocycles. The number of thiazole rings is 1. The van der Waals surface area contributed by atoms with Crippen molar-refractivity contribution in [1.29, 1.82) is 0 Å². The van der Waals surface area contributed by atoms with Gasteiger partial charge in [0.15, 0.2) is 10.9 Å². The van der Waals surface area contributed by atoms with Crippen LogP contribution in [0.25, 0.3) is 0 Å². The van der Waals surface area contributed by atoms with Crippen molar-refractivity contribution in [2.45, 2.75) is 25.4 Å². The summed E-state index contributed by atoms with van der Waals surface area (Å²) in [7, 11) is 0. The third kappa shape index (κ3) is 4.37. The Morgan fingerprint density at radius 3 is 2.89 bits per heavy atom. The first-order valence-corrected chi connectivity index (χ1v) is 9.83. The number of rotatable bonds is 6. The summed E-state index contributed by atoms with van der Waals surface area (Å²) in [4.78, 5) is 18.2. The number of carbonyl (C=O) groups is 1. The molecule has 3 aromatic rings. The van der Waals surface area contributed by atoms with Crippen LogP contribution >= 0.6 is 11.3 Å². The topological polar surface area (TPSA) is 76.4 Å². The predicted molar refractivity (Wildman–Crippen MR) is 104 cm³/mol. The molecule has 0 radical (unpaired) electrons. The molecule has 1 aromatic carbocycles. The summed E-state index contributed by atoms with van der Waals surface area (Å²) < 4.78 is 11.1. The van der Waals surface area contributed by atoms with Crippen LogP contribution < -0.4 is 15.4 Å². The van der Waals surface area contributed by atoms with Gasteiger partial charge < -0.3 is 14.5 Å². The van der Waals surface area contributed by atoms with Crippen molar-refractivity contribution in [3.63, 3.8) is 0 Å². The van der Waals surface area contributed by atoms with Crippen molar-refractivity contribution >= 4 is 22.4 Å². The van der Waals surface area contributed by atoms with Gasteiger partial charge in [-0.05, 0) is 50.0 Å². The molecule has 0 aliphatic carbocycles. The predicted octanol–water partition coefficient (Wildman–Crippen LogP) is 4.03. The van der Waals surface area contributed by atoms with E-state index in [9.17, 15) is 4.79 Å². The molecule has 0 atom stereocenters. The summed E-state index contributed by atoms with van der Waals surface area (Å²) in [5, 5.41) is 6.81. The van der Waals surface area contributed by atoms with E-state index in [0.29, 0.717) is 16.6 Å². The van der Waals surface area contributed by atoms with Crippen LogP contribution in [0.4, 0.5) is 5.13 Å². The van der Waals surface area contributed by atoms with Gasteiger partial charge in [-0.1, -0.05) is 18.2 Å². The molecule has 2 N–H and O–H groups in total. The van der Waals surface area contributed by atoms with Crippen molar-refractivity contribution in [3.05, 3.63) is 65.1 Å². The number of hydrogen-bond donors (Lipinski definition) is 2.